The van der Waals surface area contributed by atoms with Gasteiger partial charge in [-0.15, -0.1) is 0 Å². The number of benzene rings is 2. The van der Waals surface area contributed by atoms with Gasteiger partial charge >= 0.3 is 0 Å². The van der Waals surface area contributed by atoms with Gasteiger partial charge in [0.1, 0.15) is 0 Å². The van der Waals surface area contributed by atoms with E-state index in [0.717, 1.165) is 18.4 Å². The maximum atomic E-state index is 14.5. The molecule has 26 heavy (non-hydrogen) atoms. The zero-order chi connectivity index (χ0) is 18.8. The topological polar surface area (TPSA) is 50.4 Å². The van der Waals surface area contributed by atoms with Gasteiger partial charge in [-0.25, -0.2) is 14.3 Å². The zero-order valence-electron chi connectivity index (χ0n) is 13.8. The van der Waals surface area contributed by atoms with Crippen LogP contribution in [-0.4, -0.2) is 12.5 Å². The maximum absolute atomic E-state index is 14.5. The van der Waals surface area contributed by atoms with E-state index in [1.165, 1.54) is 6.07 Å². The molecular formula is C18H16BrClF2N2O2. The van der Waals surface area contributed by atoms with Gasteiger partial charge < -0.3 is 5.32 Å². The van der Waals surface area contributed by atoms with E-state index in [1.807, 2.05) is 6.92 Å². The van der Waals surface area contributed by atoms with Crippen LogP contribution in [0.5, 0.6) is 0 Å². The normalized spacial score (nSPS) is 13.6. The summed E-state index contributed by atoms with van der Waals surface area (Å²) in [6, 6.07) is 6.26. The van der Waals surface area contributed by atoms with Crippen molar-refractivity contribution >= 4 is 44.8 Å². The summed E-state index contributed by atoms with van der Waals surface area (Å²) in [4.78, 5) is 17.5. The molecule has 0 atom stereocenters. The van der Waals surface area contributed by atoms with Crippen molar-refractivity contribution in [1.29, 1.82) is 0 Å². The molecule has 2 aromatic carbocycles. The number of aryl methyl sites for hydroxylation is 1. The molecule has 0 bridgehead atoms. The Hall–Kier alpha value is -1.70. The van der Waals surface area contributed by atoms with Crippen LogP contribution in [0.3, 0.4) is 0 Å². The molecule has 1 aliphatic carbocycles. The summed E-state index contributed by atoms with van der Waals surface area (Å²) in [6.07, 6.45) is 2.12. The van der Waals surface area contributed by atoms with Crippen molar-refractivity contribution in [3.8, 4) is 0 Å². The van der Waals surface area contributed by atoms with Crippen molar-refractivity contribution in [1.82, 2.24) is 5.48 Å². The van der Waals surface area contributed by atoms with Crippen molar-refractivity contribution in [2.45, 2.75) is 19.8 Å². The van der Waals surface area contributed by atoms with Gasteiger partial charge in [-0.05, 0) is 65.4 Å². The highest BCUT2D eigenvalue weighted by molar-refractivity contribution is 9.10. The molecule has 4 nitrogen and oxygen atoms in total. The molecule has 2 N–H and O–H groups in total. The van der Waals surface area contributed by atoms with E-state index < -0.39 is 17.5 Å². The summed E-state index contributed by atoms with van der Waals surface area (Å²) in [5.41, 5.74) is 3.11. The lowest BCUT2D eigenvalue weighted by atomic mass is 10.1. The van der Waals surface area contributed by atoms with Gasteiger partial charge in [0, 0.05) is 0 Å². The minimum atomic E-state index is -1.19. The van der Waals surface area contributed by atoms with E-state index in [-0.39, 0.29) is 15.7 Å². The van der Waals surface area contributed by atoms with Gasteiger partial charge in [0.15, 0.2) is 11.6 Å². The molecule has 3 rings (SSSR count). The number of hydrogen-bond donors (Lipinski definition) is 2. The smallest absolute Gasteiger partial charge is 0.277 e. The van der Waals surface area contributed by atoms with Gasteiger partial charge in [0.05, 0.1) is 33.0 Å². The first-order chi connectivity index (χ1) is 12.4. The predicted molar refractivity (Wildman–Crippen MR) is 99.7 cm³/mol. The summed E-state index contributed by atoms with van der Waals surface area (Å²) < 4.78 is 28.4. The number of nitrogens with one attached hydrogen (secondary N) is 2. The highest BCUT2D eigenvalue weighted by Gasteiger charge is 2.25. The van der Waals surface area contributed by atoms with Gasteiger partial charge in [-0.3, -0.25) is 9.63 Å². The second kappa shape index (κ2) is 7.90. The van der Waals surface area contributed by atoms with E-state index in [4.69, 9.17) is 16.4 Å². The van der Waals surface area contributed by atoms with Crippen LogP contribution >= 0.6 is 27.5 Å². The second-order valence-corrected chi connectivity index (χ2v) is 7.46. The quantitative estimate of drug-likeness (QED) is 0.456. The van der Waals surface area contributed by atoms with Crippen LogP contribution < -0.4 is 10.8 Å². The Balaban J connectivity index is 1.90. The third-order valence-corrected chi connectivity index (χ3v) is 4.86. The minimum Gasteiger partial charge on any atom is -0.351 e. The van der Waals surface area contributed by atoms with E-state index in [2.05, 4.69) is 26.7 Å². The predicted octanol–water partition coefficient (Wildman–Crippen LogP) is 5.50. The number of amides is 1. The highest BCUT2D eigenvalue weighted by atomic mass is 79.9. The van der Waals surface area contributed by atoms with Crippen LogP contribution in [-0.2, 0) is 4.84 Å². The molecule has 1 saturated carbocycles. The molecule has 1 aliphatic rings. The highest BCUT2D eigenvalue weighted by Crippen LogP contribution is 2.34. The average Bonchev–Trinajstić information content (AvgIpc) is 3.41. The van der Waals surface area contributed by atoms with Crippen LogP contribution in [0.2, 0.25) is 5.02 Å². The summed E-state index contributed by atoms with van der Waals surface area (Å²) in [5, 5.41) is 3.04. The van der Waals surface area contributed by atoms with Crippen molar-refractivity contribution in [3.05, 3.63) is 56.5 Å². The molecule has 0 aromatic heterocycles. The molecule has 0 unspecified atom stereocenters. The third kappa shape index (κ3) is 4.34. The van der Waals surface area contributed by atoms with E-state index in [9.17, 15) is 13.6 Å². The number of halogens is 4. The summed E-state index contributed by atoms with van der Waals surface area (Å²) in [5.74, 6) is -2.54. The number of rotatable bonds is 6. The van der Waals surface area contributed by atoms with Crippen LogP contribution in [0.15, 0.2) is 28.7 Å². The number of carbonyl (C=O) groups excluding carboxylic acids is 1. The van der Waals surface area contributed by atoms with E-state index in [0.29, 0.717) is 23.2 Å². The monoisotopic (exact) mass is 444 g/mol. The minimum absolute atomic E-state index is 0.108. The second-order valence-electron chi connectivity index (χ2n) is 6.20. The Labute approximate surface area is 163 Å². The number of carbonyl (C=O) groups is 1. The van der Waals surface area contributed by atoms with Crippen LogP contribution in [0, 0.1) is 24.5 Å². The zero-order valence-corrected chi connectivity index (χ0v) is 16.2. The molecule has 2 aromatic rings. The summed E-state index contributed by atoms with van der Waals surface area (Å²) in [7, 11) is 0. The Morgan fingerprint density at radius 1 is 1.31 bits per heavy atom. The van der Waals surface area contributed by atoms with Crippen molar-refractivity contribution in [2.24, 2.45) is 5.92 Å². The van der Waals surface area contributed by atoms with Crippen LogP contribution in [0.25, 0.3) is 0 Å². The molecule has 1 amide bonds. The fraction of sp³-hybridized carbons (Fsp3) is 0.278. The largest absolute Gasteiger partial charge is 0.351 e. The Bertz CT molecular complexity index is 860. The third-order valence-electron chi connectivity index (χ3n) is 3.97. The Morgan fingerprint density at radius 3 is 2.69 bits per heavy atom. The molecule has 0 heterocycles. The molecule has 0 aliphatic heterocycles. The van der Waals surface area contributed by atoms with Crippen LogP contribution in [0.4, 0.5) is 20.2 Å². The maximum Gasteiger partial charge on any atom is 0.277 e. The van der Waals surface area contributed by atoms with E-state index >= 15 is 0 Å². The van der Waals surface area contributed by atoms with Gasteiger partial charge in [0.25, 0.3) is 5.91 Å². The standard InChI is InChI=1S/C18H16BrClF2N2O2/c1-9-2-5-14(13(20)6-9)23-17-11(7-12(19)15(21)16(17)22)18(25)24-26-8-10-3-4-10/h2,5-7,10,23H,3-4,8H2,1H3,(H,24,25). The molecular weight excluding hydrogens is 430 g/mol. The Kier molecular flexibility index (Phi) is 5.79. The first-order valence-corrected chi connectivity index (χ1v) is 9.16. The number of hydroxylamine groups is 1. The summed E-state index contributed by atoms with van der Waals surface area (Å²) >= 11 is 9.07. The lowest BCUT2D eigenvalue weighted by Crippen LogP contribution is -2.26. The average molecular weight is 446 g/mol. The number of anilines is 2. The van der Waals surface area contributed by atoms with Gasteiger partial charge in [0.2, 0.25) is 0 Å². The molecule has 8 heteroatoms. The van der Waals surface area contributed by atoms with Crippen molar-refractivity contribution in [3.63, 3.8) is 0 Å². The molecule has 1 fully saturated rings. The Morgan fingerprint density at radius 2 is 2.04 bits per heavy atom. The fourth-order valence-electron chi connectivity index (χ4n) is 2.32. The molecule has 0 radical (unpaired) electrons. The first kappa shape index (κ1) is 19.1. The van der Waals surface area contributed by atoms with Crippen molar-refractivity contribution in [2.75, 3.05) is 11.9 Å². The van der Waals surface area contributed by atoms with Gasteiger partial charge in [-0.2, -0.15) is 0 Å². The van der Waals surface area contributed by atoms with Gasteiger partial charge in [-0.1, -0.05) is 17.7 Å². The lowest BCUT2D eigenvalue weighted by molar-refractivity contribution is 0.0270. The lowest BCUT2D eigenvalue weighted by Gasteiger charge is -2.16. The summed E-state index contributed by atoms with van der Waals surface area (Å²) in [6.45, 7) is 2.24. The molecule has 138 valence electrons. The number of hydrogen-bond acceptors (Lipinski definition) is 3. The fourth-order valence-corrected chi connectivity index (χ4v) is 3.00. The van der Waals surface area contributed by atoms with Crippen LogP contribution in [0.1, 0.15) is 28.8 Å². The SMILES string of the molecule is Cc1ccc(Nc2c(C(=O)NOCC3CC3)cc(Br)c(F)c2F)c(Cl)c1. The van der Waals surface area contributed by atoms with E-state index in [1.54, 1.807) is 18.2 Å². The molecule has 0 saturated heterocycles. The van der Waals surface area contributed by atoms with Crippen molar-refractivity contribution < 1.29 is 18.4 Å². The first-order valence-electron chi connectivity index (χ1n) is 7.99. The molecule has 0 spiro atoms.